The maximum atomic E-state index is 12.1. The average molecular weight is 404 g/mol. The van der Waals surface area contributed by atoms with Crippen molar-refractivity contribution in [2.45, 2.75) is 30.0 Å². The van der Waals surface area contributed by atoms with Crippen LogP contribution in [0.5, 0.6) is 0 Å². The second kappa shape index (κ2) is 6.23. The zero-order valence-electron chi connectivity index (χ0n) is 11.6. The number of halogens is 1. The predicted molar refractivity (Wildman–Crippen MR) is 87.7 cm³/mol. The number of nitrogens with one attached hydrogen (secondary N) is 1. The third-order valence-corrected chi connectivity index (χ3v) is 7.03. The lowest BCUT2D eigenvalue weighted by Crippen LogP contribution is -2.32. The van der Waals surface area contributed by atoms with E-state index in [9.17, 15) is 13.2 Å². The molecule has 0 spiro atoms. The van der Waals surface area contributed by atoms with Crippen LogP contribution >= 0.6 is 27.3 Å². The number of fused-ring (bicyclic) bond motifs is 1. The predicted octanol–water partition coefficient (Wildman–Crippen LogP) is 1.53. The van der Waals surface area contributed by atoms with Gasteiger partial charge in [0.2, 0.25) is 10.0 Å². The van der Waals surface area contributed by atoms with Crippen molar-refractivity contribution in [2.24, 2.45) is 0 Å². The topological polar surface area (TPSA) is 81.1 Å². The Hall–Kier alpha value is -1.03. The monoisotopic (exact) mass is 403 g/mol. The highest BCUT2D eigenvalue weighted by Gasteiger charge is 2.17. The highest BCUT2D eigenvalue weighted by atomic mass is 79.9. The van der Waals surface area contributed by atoms with Gasteiger partial charge in [0.15, 0.2) is 0 Å². The molecule has 0 aromatic carbocycles. The van der Waals surface area contributed by atoms with Crippen molar-refractivity contribution < 1.29 is 8.42 Å². The molecule has 3 rings (SSSR count). The van der Waals surface area contributed by atoms with Gasteiger partial charge < -0.3 is 0 Å². The van der Waals surface area contributed by atoms with E-state index in [2.05, 4.69) is 25.8 Å². The maximum absolute atomic E-state index is 12.1. The fraction of sp³-hybridized carbons (Fsp3) is 0.385. The van der Waals surface area contributed by atoms with Crippen molar-refractivity contribution >= 4 is 37.3 Å². The smallest absolute Gasteiger partial charge is 0.267 e. The summed E-state index contributed by atoms with van der Waals surface area (Å²) in [6, 6.07) is 4.84. The first-order valence-electron chi connectivity index (χ1n) is 6.81. The molecule has 6 nitrogen and oxygen atoms in total. The van der Waals surface area contributed by atoms with Gasteiger partial charge in [0.05, 0.1) is 16.0 Å². The van der Waals surface area contributed by atoms with E-state index in [0.717, 1.165) is 45.6 Å². The van der Waals surface area contributed by atoms with Crippen LogP contribution in [-0.2, 0) is 29.4 Å². The van der Waals surface area contributed by atoms with Crippen LogP contribution in [0.25, 0.3) is 0 Å². The van der Waals surface area contributed by atoms with E-state index in [-0.39, 0.29) is 22.9 Å². The Balaban J connectivity index is 1.68. The van der Waals surface area contributed by atoms with Gasteiger partial charge in [-0.3, -0.25) is 4.79 Å². The summed E-state index contributed by atoms with van der Waals surface area (Å²) in [7, 11) is -3.54. The number of aryl methyl sites for hydroxylation is 2. The lowest BCUT2D eigenvalue weighted by Gasteiger charge is -2.08. The van der Waals surface area contributed by atoms with Crippen molar-refractivity contribution in [3.8, 4) is 0 Å². The number of hydrogen-bond donors (Lipinski definition) is 1. The minimum atomic E-state index is -3.54. The summed E-state index contributed by atoms with van der Waals surface area (Å²) >= 11 is 4.38. The van der Waals surface area contributed by atoms with Gasteiger partial charge in [-0.25, -0.2) is 17.8 Å². The second-order valence-corrected chi connectivity index (χ2v) is 9.44. The minimum absolute atomic E-state index is 0.129. The molecular formula is C13H14BrN3O3S2. The summed E-state index contributed by atoms with van der Waals surface area (Å²) in [6.45, 7) is 0.349. The van der Waals surface area contributed by atoms with Crippen molar-refractivity contribution in [3.05, 3.63) is 43.6 Å². The van der Waals surface area contributed by atoms with E-state index in [1.54, 1.807) is 12.1 Å². The SMILES string of the molecule is O=c1cc2c(nn1CCNS(=O)(=O)c1ccc(Br)s1)CCC2. The number of rotatable bonds is 5. The molecule has 1 aliphatic carbocycles. The molecule has 0 saturated heterocycles. The largest absolute Gasteiger partial charge is 0.268 e. The molecule has 9 heteroatoms. The van der Waals surface area contributed by atoms with Crippen LogP contribution in [0.15, 0.2) is 31.0 Å². The standard InChI is InChI=1S/C13H14BrN3O3S2/c14-11-4-5-13(21-11)22(19,20)15-6-7-17-12(18)8-9-2-1-3-10(9)16-17/h4-5,8,15H,1-3,6-7H2. The summed E-state index contributed by atoms with van der Waals surface area (Å²) in [4.78, 5) is 11.9. The van der Waals surface area contributed by atoms with Gasteiger partial charge in [-0.2, -0.15) is 5.10 Å². The van der Waals surface area contributed by atoms with Gasteiger partial charge in [0.25, 0.3) is 5.56 Å². The molecule has 0 aliphatic heterocycles. The van der Waals surface area contributed by atoms with Gasteiger partial charge in [0.1, 0.15) is 4.21 Å². The first kappa shape index (κ1) is 15.9. The molecule has 2 heterocycles. The van der Waals surface area contributed by atoms with Gasteiger partial charge in [-0.1, -0.05) is 0 Å². The van der Waals surface area contributed by atoms with Gasteiger partial charge >= 0.3 is 0 Å². The van der Waals surface area contributed by atoms with Crippen LogP contribution < -0.4 is 10.3 Å². The van der Waals surface area contributed by atoms with E-state index in [1.165, 1.54) is 10.7 Å². The Kier molecular flexibility index (Phi) is 4.49. The van der Waals surface area contributed by atoms with E-state index >= 15 is 0 Å². The van der Waals surface area contributed by atoms with E-state index in [4.69, 9.17) is 0 Å². The minimum Gasteiger partial charge on any atom is -0.268 e. The van der Waals surface area contributed by atoms with Crippen molar-refractivity contribution in [1.82, 2.24) is 14.5 Å². The maximum Gasteiger partial charge on any atom is 0.267 e. The molecule has 118 valence electrons. The summed E-state index contributed by atoms with van der Waals surface area (Å²) in [5.41, 5.74) is 1.79. The average Bonchev–Trinajstić information content (AvgIpc) is 3.07. The molecule has 22 heavy (non-hydrogen) atoms. The number of nitrogens with zero attached hydrogens (tertiary/aromatic N) is 2. The zero-order chi connectivity index (χ0) is 15.7. The quantitative estimate of drug-likeness (QED) is 0.820. The Morgan fingerprint density at radius 2 is 2.18 bits per heavy atom. The molecule has 0 amide bonds. The van der Waals surface area contributed by atoms with Crippen LogP contribution in [0.3, 0.4) is 0 Å². The highest BCUT2D eigenvalue weighted by Crippen LogP contribution is 2.25. The Morgan fingerprint density at radius 1 is 1.36 bits per heavy atom. The summed E-state index contributed by atoms with van der Waals surface area (Å²) in [6.07, 6.45) is 2.80. The second-order valence-electron chi connectivity index (χ2n) is 4.99. The number of hydrogen-bond acceptors (Lipinski definition) is 5. The van der Waals surface area contributed by atoms with Crippen LogP contribution in [0.4, 0.5) is 0 Å². The van der Waals surface area contributed by atoms with Crippen LogP contribution in [0.2, 0.25) is 0 Å². The first-order valence-corrected chi connectivity index (χ1v) is 9.90. The molecule has 0 unspecified atom stereocenters. The summed E-state index contributed by atoms with van der Waals surface area (Å²) in [5, 5.41) is 4.31. The highest BCUT2D eigenvalue weighted by molar-refractivity contribution is 9.11. The van der Waals surface area contributed by atoms with Gasteiger partial charge in [-0.05, 0) is 52.9 Å². The van der Waals surface area contributed by atoms with E-state index in [0.29, 0.717) is 0 Å². The first-order chi connectivity index (χ1) is 10.5. The Bertz CT molecular complexity index is 858. The molecule has 0 radical (unpaired) electrons. The molecule has 0 saturated carbocycles. The Morgan fingerprint density at radius 3 is 2.91 bits per heavy atom. The fourth-order valence-corrected chi connectivity index (χ4v) is 5.47. The van der Waals surface area contributed by atoms with Crippen molar-refractivity contribution in [3.63, 3.8) is 0 Å². The number of sulfonamides is 1. The Labute approximate surface area is 140 Å². The van der Waals surface area contributed by atoms with E-state index < -0.39 is 10.0 Å². The summed E-state index contributed by atoms with van der Waals surface area (Å²) in [5.74, 6) is 0. The lowest BCUT2D eigenvalue weighted by molar-refractivity contribution is 0.542. The molecule has 1 aliphatic rings. The molecule has 2 aromatic rings. The van der Waals surface area contributed by atoms with Crippen LogP contribution in [0.1, 0.15) is 17.7 Å². The number of aromatic nitrogens is 2. The molecule has 0 fully saturated rings. The third kappa shape index (κ3) is 3.32. The number of thiophene rings is 1. The van der Waals surface area contributed by atoms with E-state index in [1.807, 2.05) is 0 Å². The van der Waals surface area contributed by atoms with Gasteiger partial charge in [0, 0.05) is 12.6 Å². The van der Waals surface area contributed by atoms with Crippen molar-refractivity contribution in [2.75, 3.05) is 6.54 Å². The fourth-order valence-electron chi connectivity index (χ4n) is 2.40. The summed E-state index contributed by atoms with van der Waals surface area (Å²) < 4.78 is 29.0. The van der Waals surface area contributed by atoms with Gasteiger partial charge in [-0.15, -0.1) is 11.3 Å². The molecule has 0 bridgehead atoms. The molecule has 2 aromatic heterocycles. The third-order valence-electron chi connectivity index (χ3n) is 3.45. The zero-order valence-corrected chi connectivity index (χ0v) is 14.8. The molecule has 0 atom stereocenters. The van der Waals surface area contributed by atoms with Crippen LogP contribution in [-0.4, -0.2) is 24.7 Å². The normalized spacial score (nSPS) is 14.2. The lowest BCUT2D eigenvalue weighted by atomic mass is 10.2. The van der Waals surface area contributed by atoms with Crippen molar-refractivity contribution in [1.29, 1.82) is 0 Å². The molecule has 1 N–H and O–H groups in total. The molecular weight excluding hydrogens is 390 g/mol. The van der Waals surface area contributed by atoms with Crippen LogP contribution in [0, 0.1) is 0 Å².